The van der Waals surface area contributed by atoms with Crippen LogP contribution in [0.1, 0.15) is 70.1 Å². The Labute approximate surface area is 265 Å². The topological polar surface area (TPSA) is 99.4 Å². The number of benzene rings is 2. The summed E-state index contributed by atoms with van der Waals surface area (Å²) in [5.74, 6) is 0.870. The molecule has 1 saturated heterocycles. The minimum absolute atomic E-state index is 0.117. The highest BCUT2D eigenvalue weighted by molar-refractivity contribution is 6.99. The molecule has 2 aromatic carbocycles. The van der Waals surface area contributed by atoms with E-state index in [1.165, 1.54) is 0 Å². The molecule has 4 aromatic rings. The largest absolute Gasteiger partial charge is 0.455 e. The summed E-state index contributed by atoms with van der Waals surface area (Å²) < 4.78 is 14.5. The standard InChI is InChI=1S/C35H41N5O4Si/c1-34(2,3)44-33(42)29-22-40(38-37-29)30(24-17-18-31(36-20-24)39-21-25-19-28(25)32(39)41)23-43-45(35(4,5)6,26-13-9-7-10-14-26)27-15-11-8-12-16-27/h7-18,20,22,25,28,30H,19,21,23H2,1-6H3/t25-,28-,30?/m1/s1. The number of pyridine rings is 1. The molecule has 3 atom stereocenters. The van der Waals surface area contributed by atoms with Crippen molar-refractivity contribution in [1.82, 2.24) is 20.0 Å². The smallest absolute Gasteiger partial charge is 0.361 e. The lowest BCUT2D eigenvalue weighted by molar-refractivity contribution is -0.118. The fourth-order valence-electron chi connectivity index (χ4n) is 6.38. The Morgan fingerprint density at radius 1 is 0.956 bits per heavy atom. The van der Waals surface area contributed by atoms with E-state index in [2.05, 4.69) is 79.6 Å². The van der Waals surface area contributed by atoms with Crippen molar-refractivity contribution in [3.05, 3.63) is 96.4 Å². The van der Waals surface area contributed by atoms with Crippen molar-refractivity contribution >= 4 is 36.4 Å². The molecule has 45 heavy (non-hydrogen) atoms. The molecule has 10 heteroatoms. The van der Waals surface area contributed by atoms with Gasteiger partial charge in [-0.05, 0) is 60.2 Å². The van der Waals surface area contributed by atoms with E-state index >= 15 is 0 Å². The van der Waals surface area contributed by atoms with E-state index in [1.54, 1.807) is 22.0 Å². The van der Waals surface area contributed by atoms with Crippen LogP contribution in [0.2, 0.25) is 5.04 Å². The number of carbonyl (C=O) groups excluding carboxylic acids is 2. The number of fused-ring (bicyclic) bond motifs is 1. The van der Waals surface area contributed by atoms with E-state index in [9.17, 15) is 9.59 Å². The summed E-state index contributed by atoms with van der Waals surface area (Å²) in [4.78, 5) is 32.1. The molecule has 1 amide bonds. The van der Waals surface area contributed by atoms with E-state index in [4.69, 9.17) is 14.1 Å². The number of hydrogen-bond acceptors (Lipinski definition) is 7. The van der Waals surface area contributed by atoms with Crippen LogP contribution in [0.15, 0.2) is 85.2 Å². The van der Waals surface area contributed by atoms with Crippen LogP contribution in [-0.2, 0) is 14.0 Å². The highest BCUT2D eigenvalue weighted by Crippen LogP contribution is 2.47. The molecule has 3 heterocycles. The van der Waals surface area contributed by atoms with Crippen LogP contribution in [0.3, 0.4) is 0 Å². The highest BCUT2D eigenvalue weighted by atomic mass is 28.4. The summed E-state index contributed by atoms with van der Waals surface area (Å²) in [5.41, 5.74) is 0.279. The minimum Gasteiger partial charge on any atom is -0.455 e. The van der Waals surface area contributed by atoms with E-state index in [-0.39, 0.29) is 29.2 Å². The Morgan fingerprint density at radius 2 is 1.60 bits per heavy atom. The molecule has 2 fully saturated rings. The monoisotopic (exact) mass is 623 g/mol. The van der Waals surface area contributed by atoms with Crippen LogP contribution in [0.4, 0.5) is 5.82 Å². The van der Waals surface area contributed by atoms with Crippen molar-refractivity contribution in [2.75, 3.05) is 18.1 Å². The van der Waals surface area contributed by atoms with Gasteiger partial charge in [-0.3, -0.25) is 9.69 Å². The number of esters is 1. The Bertz CT molecular complexity index is 1620. The van der Waals surface area contributed by atoms with Crippen LogP contribution < -0.4 is 15.3 Å². The van der Waals surface area contributed by atoms with Gasteiger partial charge in [-0.25, -0.2) is 14.5 Å². The van der Waals surface area contributed by atoms with E-state index in [1.807, 2.05) is 45.0 Å². The van der Waals surface area contributed by atoms with Crippen molar-refractivity contribution in [3.8, 4) is 0 Å². The third kappa shape index (κ3) is 6.09. The third-order valence-corrected chi connectivity index (χ3v) is 13.7. The van der Waals surface area contributed by atoms with Crippen molar-refractivity contribution in [3.63, 3.8) is 0 Å². The fraction of sp³-hybridized carbons (Fsp3) is 0.400. The van der Waals surface area contributed by atoms with Gasteiger partial charge >= 0.3 is 5.97 Å². The normalized spacial score (nSPS) is 18.9. The SMILES string of the molecule is CC(C)(C)OC(=O)c1cn(C(CO[Si](c2ccccc2)(c2ccccc2)C(C)(C)C)c2ccc(N3C[C@H]4C[C@H]4C3=O)nc2)nn1. The van der Waals surface area contributed by atoms with Crippen LogP contribution in [0.5, 0.6) is 0 Å². The number of anilines is 1. The molecule has 2 aliphatic rings. The van der Waals surface area contributed by atoms with Crippen molar-refractivity contribution in [1.29, 1.82) is 0 Å². The van der Waals surface area contributed by atoms with Gasteiger partial charge in [0.05, 0.1) is 12.8 Å². The predicted octanol–water partition coefficient (Wildman–Crippen LogP) is 4.78. The number of rotatable bonds is 9. The van der Waals surface area contributed by atoms with Crippen LogP contribution in [0.25, 0.3) is 0 Å². The van der Waals surface area contributed by atoms with Crippen LogP contribution in [0, 0.1) is 11.8 Å². The lowest BCUT2D eigenvalue weighted by atomic mass is 10.1. The molecule has 1 unspecified atom stereocenters. The van der Waals surface area contributed by atoms with Crippen molar-refractivity contribution in [2.45, 2.75) is 64.6 Å². The first-order valence-corrected chi connectivity index (χ1v) is 17.5. The lowest BCUT2D eigenvalue weighted by Crippen LogP contribution is -2.67. The Balaban J connectivity index is 1.38. The maximum Gasteiger partial charge on any atom is 0.361 e. The van der Waals surface area contributed by atoms with Gasteiger partial charge in [-0.15, -0.1) is 5.10 Å². The summed E-state index contributed by atoms with van der Waals surface area (Å²) in [7, 11) is -2.90. The summed E-state index contributed by atoms with van der Waals surface area (Å²) in [5, 5.41) is 10.7. The Kier molecular flexibility index (Phi) is 7.99. The summed E-state index contributed by atoms with van der Waals surface area (Å²) in [6, 6.07) is 24.3. The number of aromatic nitrogens is 4. The molecule has 6 rings (SSSR count). The number of ether oxygens (including phenoxy) is 1. The molecule has 1 aliphatic heterocycles. The highest BCUT2D eigenvalue weighted by Gasteiger charge is 2.53. The maximum absolute atomic E-state index is 12.9. The van der Waals surface area contributed by atoms with Gasteiger partial charge in [0.1, 0.15) is 17.5 Å². The zero-order valence-corrected chi connectivity index (χ0v) is 27.8. The Hall–Kier alpha value is -4.15. The predicted molar refractivity (Wildman–Crippen MR) is 175 cm³/mol. The second kappa shape index (κ2) is 11.6. The lowest BCUT2D eigenvalue weighted by Gasteiger charge is -2.43. The first kappa shape index (κ1) is 30.9. The number of hydrogen-bond donors (Lipinski definition) is 0. The molecule has 0 bridgehead atoms. The van der Waals surface area contributed by atoms with Gasteiger partial charge in [0, 0.05) is 18.7 Å². The number of nitrogens with zero attached hydrogens (tertiary/aromatic N) is 5. The average Bonchev–Trinajstić information content (AvgIpc) is 3.47. The minimum atomic E-state index is -2.90. The summed E-state index contributed by atoms with van der Waals surface area (Å²) in [6.45, 7) is 13.1. The molecule has 1 aliphatic carbocycles. The first-order chi connectivity index (χ1) is 21.4. The summed E-state index contributed by atoms with van der Waals surface area (Å²) in [6.07, 6.45) is 4.38. The maximum atomic E-state index is 12.9. The first-order valence-electron chi connectivity index (χ1n) is 15.5. The number of carbonyl (C=O) groups is 2. The van der Waals surface area contributed by atoms with Gasteiger partial charge in [-0.1, -0.05) is 92.7 Å². The van der Waals surface area contributed by atoms with Gasteiger partial charge in [0.25, 0.3) is 8.32 Å². The molecule has 1 saturated carbocycles. The van der Waals surface area contributed by atoms with E-state index < -0.39 is 25.9 Å². The van der Waals surface area contributed by atoms with E-state index in [0.717, 1.165) is 28.9 Å². The molecular weight excluding hydrogens is 583 g/mol. The van der Waals surface area contributed by atoms with Gasteiger partial charge in [0.15, 0.2) is 5.69 Å². The van der Waals surface area contributed by atoms with Crippen molar-refractivity contribution < 1.29 is 18.8 Å². The van der Waals surface area contributed by atoms with Crippen LogP contribution >= 0.6 is 0 Å². The molecule has 0 radical (unpaired) electrons. The molecule has 9 nitrogen and oxygen atoms in total. The summed E-state index contributed by atoms with van der Waals surface area (Å²) >= 11 is 0. The number of amides is 1. The van der Waals surface area contributed by atoms with Gasteiger partial charge in [0.2, 0.25) is 5.91 Å². The fourth-order valence-corrected chi connectivity index (χ4v) is 10.9. The van der Waals surface area contributed by atoms with Gasteiger partial charge in [-0.2, -0.15) is 0 Å². The average molecular weight is 624 g/mol. The zero-order valence-electron chi connectivity index (χ0n) is 26.8. The molecule has 2 aromatic heterocycles. The molecule has 234 valence electrons. The Morgan fingerprint density at radius 3 is 2.11 bits per heavy atom. The third-order valence-electron chi connectivity index (χ3n) is 8.67. The zero-order chi connectivity index (χ0) is 32.0. The molecular formula is C35H41N5O4Si. The second-order valence-corrected chi connectivity index (χ2v) is 18.4. The second-order valence-electron chi connectivity index (χ2n) is 14.1. The van der Waals surface area contributed by atoms with Crippen LogP contribution in [-0.4, -0.2) is 58.9 Å². The number of piperidine rings is 1. The van der Waals surface area contributed by atoms with Gasteiger partial charge < -0.3 is 9.16 Å². The molecule has 0 N–H and O–H groups in total. The van der Waals surface area contributed by atoms with Crippen molar-refractivity contribution in [2.24, 2.45) is 11.8 Å². The molecule has 0 spiro atoms. The quantitative estimate of drug-likeness (QED) is 0.196. The van der Waals surface area contributed by atoms with E-state index in [0.29, 0.717) is 11.7 Å².